The fourth-order valence-corrected chi connectivity index (χ4v) is 1.93. The predicted octanol–water partition coefficient (Wildman–Crippen LogP) is 4.17. The summed E-state index contributed by atoms with van der Waals surface area (Å²) in [5.74, 6) is 3.32. The maximum atomic E-state index is 3.18. The molecule has 0 nitrogen and oxygen atoms in total. The largest absolute Gasteiger partial charge is 0.0777 e. The van der Waals surface area contributed by atoms with Crippen molar-refractivity contribution in [1.29, 1.82) is 0 Å². The third kappa shape index (κ3) is 2.53. The first-order valence-corrected chi connectivity index (χ1v) is 5.92. The Balaban J connectivity index is 2.42. The number of hydrogen-bond acceptors (Lipinski definition) is 0. The fraction of sp³-hybridized carbons (Fsp3) is 0.0667. The summed E-state index contributed by atoms with van der Waals surface area (Å²) in [6.07, 6.45) is 0. The summed E-state index contributed by atoms with van der Waals surface area (Å²) >= 11 is 3.18. The molecule has 0 saturated carbocycles. The van der Waals surface area contributed by atoms with Gasteiger partial charge in [-0.3, -0.25) is 0 Å². The first kappa shape index (κ1) is 11.0. The molecule has 0 aliphatic rings. The van der Waals surface area contributed by atoms with Crippen molar-refractivity contribution in [3.8, 4) is 10.8 Å². The van der Waals surface area contributed by atoms with Gasteiger partial charge in [-0.1, -0.05) is 66.6 Å². The molecule has 0 fully saturated rings. The van der Waals surface area contributed by atoms with E-state index in [0.717, 1.165) is 0 Å². The number of benzene rings is 2. The first-order valence-electron chi connectivity index (χ1n) is 5.13. The quantitative estimate of drug-likeness (QED) is 0.719. The lowest BCUT2D eigenvalue weighted by atomic mass is 9.92. The second-order valence-corrected chi connectivity index (χ2v) is 3.89. The Labute approximate surface area is 104 Å². The van der Waals surface area contributed by atoms with Crippen molar-refractivity contribution in [1.82, 2.24) is 0 Å². The van der Waals surface area contributed by atoms with Gasteiger partial charge in [0.25, 0.3) is 0 Å². The van der Waals surface area contributed by atoms with Crippen LogP contribution in [-0.4, -0.2) is 0 Å². The average molecular weight is 271 g/mol. The Morgan fingerprint density at radius 2 is 1.19 bits per heavy atom. The van der Waals surface area contributed by atoms with E-state index in [2.05, 4.69) is 50.9 Å². The molecular weight excluding hydrogens is 260 g/mol. The monoisotopic (exact) mass is 270 g/mol. The molecule has 0 N–H and O–H groups in total. The molecule has 2 aromatic rings. The summed E-state index contributed by atoms with van der Waals surface area (Å²) in [7, 11) is 0. The van der Waals surface area contributed by atoms with E-state index in [1.807, 2.05) is 36.4 Å². The molecule has 78 valence electrons. The molecule has 0 unspecified atom stereocenters. The highest BCUT2D eigenvalue weighted by atomic mass is 79.9. The topological polar surface area (TPSA) is 0 Å². The lowest BCUT2D eigenvalue weighted by Gasteiger charge is -2.10. The van der Waals surface area contributed by atoms with Gasteiger partial charge in [0.05, 0.1) is 5.92 Å². The summed E-state index contributed by atoms with van der Waals surface area (Å²) in [5.41, 5.74) is 2.45. The minimum Gasteiger partial charge on any atom is -0.0777 e. The predicted molar refractivity (Wildman–Crippen MR) is 71.4 cm³/mol. The molecule has 0 aliphatic heterocycles. The normalized spacial score (nSPS) is 9.62. The minimum atomic E-state index is 0.141. The van der Waals surface area contributed by atoms with E-state index < -0.39 is 0 Å². The standard InChI is InChI=1S/C15H11Br/c16-12-11-15(13-7-3-1-4-8-13)14-9-5-2-6-10-14/h1-10,15H. The van der Waals surface area contributed by atoms with Crippen molar-refractivity contribution in [3.63, 3.8) is 0 Å². The van der Waals surface area contributed by atoms with Crippen LogP contribution in [0.4, 0.5) is 0 Å². The van der Waals surface area contributed by atoms with Crippen molar-refractivity contribution in [3.05, 3.63) is 71.8 Å². The van der Waals surface area contributed by atoms with Crippen LogP contribution < -0.4 is 0 Å². The van der Waals surface area contributed by atoms with Gasteiger partial charge in [-0.15, -0.1) is 0 Å². The van der Waals surface area contributed by atoms with Gasteiger partial charge in [-0.2, -0.15) is 0 Å². The zero-order valence-electron chi connectivity index (χ0n) is 8.73. The third-order valence-corrected chi connectivity index (χ3v) is 2.69. The molecule has 16 heavy (non-hydrogen) atoms. The number of rotatable bonds is 2. The number of halogens is 1. The molecule has 2 rings (SSSR count). The molecule has 0 radical (unpaired) electrons. The summed E-state index contributed by atoms with van der Waals surface area (Å²) in [6.45, 7) is 0. The molecule has 0 aromatic heterocycles. The van der Waals surface area contributed by atoms with E-state index in [0.29, 0.717) is 0 Å². The molecule has 0 amide bonds. The Kier molecular flexibility index (Phi) is 3.80. The van der Waals surface area contributed by atoms with E-state index in [1.165, 1.54) is 11.1 Å². The van der Waals surface area contributed by atoms with Crippen LogP contribution in [0.15, 0.2) is 60.7 Å². The summed E-state index contributed by atoms with van der Waals surface area (Å²) in [5, 5.41) is 0. The fourth-order valence-electron chi connectivity index (χ4n) is 1.70. The zero-order valence-corrected chi connectivity index (χ0v) is 10.3. The lowest BCUT2D eigenvalue weighted by molar-refractivity contribution is 1.06. The highest BCUT2D eigenvalue weighted by Gasteiger charge is 2.09. The van der Waals surface area contributed by atoms with Crippen LogP contribution in [0.5, 0.6) is 0 Å². The second kappa shape index (κ2) is 5.53. The maximum absolute atomic E-state index is 3.18. The summed E-state index contributed by atoms with van der Waals surface area (Å²) < 4.78 is 0. The molecule has 0 saturated heterocycles. The van der Waals surface area contributed by atoms with Gasteiger partial charge in [0.2, 0.25) is 0 Å². The van der Waals surface area contributed by atoms with Gasteiger partial charge in [0.1, 0.15) is 0 Å². The third-order valence-electron chi connectivity index (χ3n) is 2.46. The van der Waals surface area contributed by atoms with Crippen molar-refractivity contribution < 1.29 is 0 Å². The van der Waals surface area contributed by atoms with E-state index in [-0.39, 0.29) is 5.92 Å². The van der Waals surface area contributed by atoms with E-state index in [4.69, 9.17) is 0 Å². The Bertz CT molecular complexity index is 452. The van der Waals surface area contributed by atoms with Crippen molar-refractivity contribution in [2.24, 2.45) is 0 Å². The van der Waals surface area contributed by atoms with E-state index in [1.54, 1.807) is 0 Å². The van der Waals surface area contributed by atoms with Gasteiger partial charge in [0.15, 0.2) is 0 Å². The van der Waals surface area contributed by atoms with Gasteiger partial charge in [-0.25, -0.2) is 0 Å². The molecule has 0 heterocycles. The van der Waals surface area contributed by atoms with Crippen LogP contribution in [-0.2, 0) is 0 Å². The average Bonchev–Trinajstić information content (AvgIpc) is 2.38. The maximum Gasteiger partial charge on any atom is 0.0711 e. The van der Waals surface area contributed by atoms with Crippen molar-refractivity contribution >= 4 is 15.9 Å². The Morgan fingerprint density at radius 1 is 0.750 bits per heavy atom. The Morgan fingerprint density at radius 3 is 1.56 bits per heavy atom. The second-order valence-electron chi connectivity index (χ2n) is 3.49. The minimum absolute atomic E-state index is 0.141. The Hall–Kier alpha value is -1.52. The van der Waals surface area contributed by atoms with Crippen LogP contribution in [0.1, 0.15) is 17.0 Å². The van der Waals surface area contributed by atoms with Crippen LogP contribution in [0.25, 0.3) is 0 Å². The molecule has 2 aromatic carbocycles. The highest BCUT2D eigenvalue weighted by molar-refractivity contribution is 9.12. The SMILES string of the molecule is BrC#CC(c1ccccc1)c1ccccc1. The van der Waals surface area contributed by atoms with Crippen LogP contribution in [0, 0.1) is 10.8 Å². The van der Waals surface area contributed by atoms with Gasteiger partial charge in [0, 0.05) is 15.9 Å². The van der Waals surface area contributed by atoms with Crippen molar-refractivity contribution in [2.75, 3.05) is 0 Å². The van der Waals surface area contributed by atoms with Crippen LogP contribution in [0.2, 0.25) is 0 Å². The molecular formula is C15H11Br. The molecule has 0 atom stereocenters. The van der Waals surface area contributed by atoms with Crippen LogP contribution in [0.3, 0.4) is 0 Å². The summed E-state index contributed by atoms with van der Waals surface area (Å²) in [6, 6.07) is 20.6. The first-order chi connectivity index (χ1) is 7.92. The van der Waals surface area contributed by atoms with E-state index >= 15 is 0 Å². The van der Waals surface area contributed by atoms with Gasteiger partial charge >= 0.3 is 0 Å². The zero-order chi connectivity index (χ0) is 11.2. The van der Waals surface area contributed by atoms with Gasteiger partial charge < -0.3 is 0 Å². The smallest absolute Gasteiger partial charge is 0.0711 e. The van der Waals surface area contributed by atoms with Gasteiger partial charge in [-0.05, 0) is 16.0 Å². The molecule has 0 spiro atoms. The molecule has 0 bridgehead atoms. The van der Waals surface area contributed by atoms with E-state index in [9.17, 15) is 0 Å². The molecule has 1 heteroatoms. The van der Waals surface area contributed by atoms with Crippen molar-refractivity contribution in [2.45, 2.75) is 5.92 Å². The van der Waals surface area contributed by atoms with Crippen LogP contribution >= 0.6 is 15.9 Å². The lowest BCUT2D eigenvalue weighted by Crippen LogP contribution is -1.97. The number of hydrogen-bond donors (Lipinski definition) is 0. The highest BCUT2D eigenvalue weighted by Crippen LogP contribution is 2.23. The summed E-state index contributed by atoms with van der Waals surface area (Å²) in [4.78, 5) is 2.83. The molecule has 0 aliphatic carbocycles.